The predicted octanol–water partition coefficient (Wildman–Crippen LogP) is 1.13. The van der Waals surface area contributed by atoms with E-state index in [2.05, 4.69) is 19.8 Å². The minimum absolute atomic E-state index is 0.275. The zero-order valence-corrected chi connectivity index (χ0v) is 19.1. The van der Waals surface area contributed by atoms with E-state index >= 15 is 8.78 Å². The fraction of sp³-hybridized carbons (Fsp3) is 0.632. The molecule has 0 bridgehead atoms. The van der Waals surface area contributed by atoms with Crippen LogP contribution in [0.1, 0.15) is 32.4 Å². The summed E-state index contributed by atoms with van der Waals surface area (Å²) in [5.74, 6) is -3.73. The van der Waals surface area contributed by atoms with Crippen molar-refractivity contribution in [3.63, 3.8) is 0 Å². The summed E-state index contributed by atoms with van der Waals surface area (Å²) in [6, 6.07) is -1.65. The molecule has 178 valence electrons. The topological polar surface area (TPSA) is 116 Å². The van der Waals surface area contributed by atoms with Crippen LogP contribution in [0, 0.1) is 0 Å². The predicted molar refractivity (Wildman–Crippen MR) is 111 cm³/mol. The van der Waals surface area contributed by atoms with Crippen LogP contribution in [-0.4, -0.2) is 78.2 Å². The number of nitrogens with zero attached hydrogens (tertiary/aromatic N) is 4. The summed E-state index contributed by atoms with van der Waals surface area (Å²) in [4.78, 5) is 13.1. The smallest absolute Gasteiger partial charge is 0.302 e. The number of aromatic nitrogens is 3. The Morgan fingerprint density at radius 3 is 2.75 bits per heavy atom. The van der Waals surface area contributed by atoms with Gasteiger partial charge in [0.2, 0.25) is 0 Å². The number of nitrogens with one attached hydrogen (secondary N) is 1. The molecule has 1 saturated heterocycles. The van der Waals surface area contributed by atoms with Crippen LogP contribution < -0.4 is 5.32 Å². The number of alkyl halides is 2. The van der Waals surface area contributed by atoms with Crippen molar-refractivity contribution < 1.29 is 30.9 Å². The van der Waals surface area contributed by atoms with Crippen molar-refractivity contribution in [2.75, 3.05) is 19.8 Å². The number of esters is 1. The Labute approximate surface area is 185 Å². The average Bonchev–Trinajstić information content (AvgIpc) is 3.13. The number of hydrogen-bond donors (Lipinski definition) is 1. The van der Waals surface area contributed by atoms with E-state index in [0.717, 1.165) is 6.26 Å². The molecule has 0 saturated carbocycles. The minimum atomic E-state index is -3.65. The maximum Gasteiger partial charge on any atom is 0.302 e. The number of carbonyl (C=O) groups is 1. The number of hydrogen-bond acceptors (Lipinski definition) is 9. The van der Waals surface area contributed by atoms with Gasteiger partial charge in [0.15, 0.2) is 6.73 Å². The van der Waals surface area contributed by atoms with Crippen LogP contribution >= 0.6 is 0 Å². The number of halogens is 2. The highest BCUT2D eigenvalue weighted by molar-refractivity contribution is 7.85. The molecule has 32 heavy (non-hydrogen) atoms. The molecule has 0 spiro atoms. The van der Waals surface area contributed by atoms with E-state index in [0.29, 0.717) is 23.3 Å². The highest BCUT2D eigenvalue weighted by atomic mass is 32.2. The maximum absolute atomic E-state index is 15.1. The third-order valence-corrected chi connectivity index (χ3v) is 5.75. The van der Waals surface area contributed by atoms with Crippen molar-refractivity contribution in [2.24, 2.45) is 0 Å². The molecule has 10 nitrogen and oxygen atoms in total. The second-order valence-electron chi connectivity index (χ2n) is 8.04. The van der Waals surface area contributed by atoms with Gasteiger partial charge in [0.1, 0.15) is 11.8 Å². The summed E-state index contributed by atoms with van der Waals surface area (Å²) >= 11 is 0. The summed E-state index contributed by atoms with van der Waals surface area (Å²) < 4.78 is 63.5. The van der Waals surface area contributed by atoms with Gasteiger partial charge in [0.25, 0.3) is 16.0 Å². The second-order valence-corrected chi connectivity index (χ2v) is 9.68. The summed E-state index contributed by atoms with van der Waals surface area (Å²) in [5.41, 5.74) is 1.39. The van der Waals surface area contributed by atoms with Crippen molar-refractivity contribution in [3.8, 4) is 0 Å². The van der Waals surface area contributed by atoms with Crippen molar-refractivity contribution >= 4 is 21.7 Å². The zero-order valence-electron chi connectivity index (χ0n) is 18.3. The van der Waals surface area contributed by atoms with Crippen LogP contribution in [0.5, 0.6) is 0 Å². The SMILES string of the molecule is CCC1NC(C2=CC(c3cn(COS(C)(=O)=O)nn3)=CN(C)C2)C(F)(F)CC1OC(C)=O. The van der Waals surface area contributed by atoms with Gasteiger partial charge in [0.05, 0.1) is 24.9 Å². The van der Waals surface area contributed by atoms with E-state index in [-0.39, 0.29) is 13.3 Å². The summed E-state index contributed by atoms with van der Waals surface area (Å²) in [7, 11) is -1.90. The van der Waals surface area contributed by atoms with Crippen molar-refractivity contribution in [2.45, 2.75) is 57.5 Å². The molecule has 2 aliphatic heterocycles. The summed E-state index contributed by atoms with van der Waals surface area (Å²) in [6.45, 7) is 2.99. The highest BCUT2D eigenvalue weighted by Gasteiger charge is 2.51. The fourth-order valence-corrected chi connectivity index (χ4v) is 4.18. The Balaban J connectivity index is 1.83. The fourth-order valence-electron chi connectivity index (χ4n) is 3.88. The van der Waals surface area contributed by atoms with E-state index in [4.69, 9.17) is 4.74 Å². The monoisotopic (exact) mass is 475 g/mol. The first-order chi connectivity index (χ1) is 14.9. The number of carbonyl (C=O) groups excluding carboxylic acids is 1. The molecule has 0 amide bonds. The quantitative estimate of drug-likeness (QED) is 0.458. The number of rotatable bonds is 7. The number of likely N-dealkylation sites (N-methyl/N-ethyl adjacent to an activating group) is 1. The molecule has 1 fully saturated rings. The molecule has 3 rings (SSSR count). The van der Waals surface area contributed by atoms with Gasteiger partial charge in [-0.05, 0) is 18.1 Å². The standard InChI is InChI=1S/C19H27F2N5O5S/c1-5-15-17(31-12(2)27)7-19(20,21)18(22-15)14-6-13(8-25(3)9-14)16-10-26(24-23-16)11-30-32(4,28)29/h6,8,10,15,17-18,22H,5,7,9,11H2,1-4H3. The van der Waals surface area contributed by atoms with Gasteiger partial charge >= 0.3 is 5.97 Å². The molecular formula is C19H27F2N5O5S. The lowest BCUT2D eigenvalue weighted by atomic mass is 9.85. The van der Waals surface area contributed by atoms with Crippen LogP contribution in [-0.2, 0) is 30.6 Å². The molecule has 0 aromatic carbocycles. The number of piperidine rings is 1. The molecular weight excluding hydrogens is 448 g/mol. The molecule has 1 aromatic rings. The maximum atomic E-state index is 15.1. The lowest BCUT2D eigenvalue weighted by molar-refractivity contribution is -0.161. The van der Waals surface area contributed by atoms with Gasteiger partial charge in [-0.25, -0.2) is 17.6 Å². The highest BCUT2D eigenvalue weighted by Crippen LogP contribution is 2.38. The third kappa shape index (κ3) is 5.90. The van der Waals surface area contributed by atoms with E-state index < -0.39 is 46.6 Å². The van der Waals surface area contributed by atoms with Gasteiger partial charge in [-0.3, -0.25) is 10.1 Å². The molecule has 1 N–H and O–H groups in total. The molecule has 13 heteroatoms. The van der Waals surface area contributed by atoms with Crippen molar-refractivity contribution in [3.05, 3.63) is 29.7 Å². The van der Waals surface area contributed by atoms with Gasteiger partial charge in [-0.1, -0.05) is 12.1 Å². The zero-order chi connectivity index (χ0) is 23.7. The molecule has 1 aromatic heterocycles. The van der Waals surface area contributed by atoms with Crippen LogP contribution in [0.25, 0.3) is 5.57 Å². The Hall–Kier alpha value is -2.38. The van der Waals surface area contributed by atoms with Crippen LogP contribution in [0.3, 0.4) is 0 Å². The van der Waals surface area contributed by atoms with Crippen molar-refractivity contribution in [1.82, 2.24) is 25.2 Å². The summed E-state index contributed by atoms with van der Waals surface area (Å²) in [6.07, 6.45) is 4.82. The molecule has 0 radical (unpaired) electrons. The third-order valence-electron chi connectivity index (χ3n) is 5.22. The van der Waals surface area contributed by atoms with Gasteiger partial charge in [-0.15, -0.1) is 5.10 Å². The first-order valence-electron chi connectivity index (χ1n) is 10.1. The van der Waals surface area contributed by atoms with E-state index in [1.807, 2.05) is 6.92 Å². The van der Waals surface area contributed by atoms with E-state index in [9.17, 15) is 13.2 Å². The number of ether oxygens (including phenoxy) is 1. The summed E-state index contributed by atoms with van der Waals surface area (Å²) in [5, 5.41) is 10.8. The largest absolute Gasteiger partial charge is 0.461 e. The second kappa shape index (κ2) is 9.24. The van der Waals surface area contributed by atoms with Gasteiger partial charge in [-0.2, -0.15) is 8.42 Å². The van der Waals surface area contributed by atoms with Gasteiger partial charge in [0, 0.05) is 38.3 Å². The molecule has 3 atom stereocenters. The first-order valence-corrected chi connectivity index (χ1v) is 11.9. The Morgan fingerprint density at radius 1 is 1.41 bits per heavy atom. The number of allylic oxidation sites excluding steroid dienone is 2. The molecule has 0 aliphatic carbocycles. The Kier molecular flexibility index (Phi) is 7.00. The van der Waals surface area contributed by atoms with Crippen LogP contribution in [0.4, 0.5) is 8.78 Å². The molecule has 3 unspecified atom stereocenters. The Bertz CT molecular complexity index is 1020. The Morgan fingerprint density at radius 2 is 2.12 bits per heavy atom. The first kappa shape index (κ1) is 24.3. The van der Waals surface area contributed by atoms with E-state index in [1.165, 1.54) is 17.8 Å². The van der Waals surface area contributed by atoms with Crippen LogP contribution in [0.15, 0.2) is 24.0 Å². The lowest BCUT2D eigenvalue weighted by Gasteiger charge is -2.43. The van der Waals surface area contributed by atoms with Crippen LogP contribution in [0.2, 0.25) is 0 Å². The van der Waals surface area contributed by atoms with E-state index in [1.54, 1.807) is 24.2 Å². The van der Waals surface area contributed by atoms with Crippen molar-refractivity contribution in [1.29, 1.82) is 0 Å². The molecule has 2 aliphatic rings. The van der Waals surface area contributed by atoms with Gasteiger partial charge < -0.3 is 9.64 Å². The minimum Gasteiger partial charge on any atom is -0.461 e. The average molecular weight is 476 g/mol. The normalized spacial score (nSPS) is 25.8. The lowest BCUT2D eigenvalue weighted by Crippen LogP contribution is -2.62. The molecule has 3 heterocycles.